The summed E-state index contributed by atoms with van der Waals surface area (Å²) in [6, 6.07) is 13.6. The van der Waals surface area contributed by atoms with E-state index in [1.54, 1.807) is 54.7 Å². The molecule has 1 N–H and O–H groups in total. The Morgan fingerprint density at radius 1 is 0.763 bits per heavy atom. The molecule has 0 atom stereocenters. The molecule has 6 heteroatoms. The smallest absolute Gasteiger partial charge is 0.345 e. The molecule has 2 aromatic rings. The second-order valence-corrected chi connectivity index (χ2v) is 10.3. The summed E-state index contributed by atoms with van der Waals surface area (Å²) in [6.45, 7) is 2.27. The lowest BCUT2D eigenvalue weighted by molar-refractivity contribution is -0.121. The number of nitrogens with one attached hydrogen (secondary N) is 1. The Hall–Kier alpha value is -2.66. The van der Waals surface area contributed by atoms with E-state index in [4.69, 9.17) is 16.3 Å². The molecule has 0 aliphatic carbocycles. The second kappa shape index (κ2) is 20.3. The molecule has 0 aliphatic rings. The van der Waals surface area contributed by atoms with Crippen molar-refractivity contribution in [1.29, 1.82) is 0 Å². The van der Waals surface area contributed by atoms with Gasteiger partial charge in [0.2, 0.25) is 5.91 Å². The number of esters is 1. The molecule has 5 nitrogen and oxygen atoms in total. The van der Waals surface area contributed by atoms with Gasteiger partial charge in [0.05, 0.1) is 16.8 Å². The highest BCUT2D eigenvalue weighted by molar-refractivity contribution is 6.33. The van der Waals surface area contributed by atoms with Crippen LogP contribution >= 0.6 is 11.6 Å². The summed E-state index contributed by atoms with van der Waals surface area (Å²) in [6.07, 6.45) is 21.7. The van der Waals surface area contributed by atoms with Gasteiger partial charge in [-0.25, -0.2) is 10.2 Å². The lowest BCUT2D eigenvalue weighted by Gasteiger charge is -2.06. The first-order valence-corrected chi connectivity index (χ1v) is 14.9. The summed E-state index contributed by atoms with van der Waals surface area (Å²) in [5.41, 5.74) is 3.69. The summed E-state index contributed by atoms with van der Waals surface area (Å²) < 4.78 is 5.36. The van der Waals surface area contributed by atoms with Gasteiger partial charge in [0.25, 0.3) is 0 Å². The molecule has 0 unspecified atom stereocenters. The van der Waals surface area contributed by atoms with Crippen LogP contribution in [-0.4, -0.2) is 18.1 Å². The Morgan fingerprint density at radius 3 is 1.84 bits per heavy atom. The molecule has 0 spiro atoms. The molecular formula is C32H45ClN2O3. The van der Waals surface area contributed by atoms with Gasteiger partial charge in [0.1, 0.15) is 5.75 Å². The normalized spacial score (nSPS) is 11.1. The molecule has 0 radical (unpaired) electrons. The minimum atomic E-state index is -0.511. The van der Waals surface area contributed by atoms with Crippen LogP contribution in [-0.2, 0) is 4.79 Å². The number of rotatable bonds is 20. The van der Waals surface area contributed by atoms with Gasteiger partial charge >= 0.3 is 5.97 Å². The number of ether oxygens (including phenoxy) is 1. The minimum absolute atomic E-state index is 0.0683. The number of carbonyl (C=O) groups is 2. The van der Waals surface area contributed by atoms with E-state index in [1.807, 2.05) is 0 Å². The third kappa shape index (κ3) is 14.3. The molecule has 1 amide bonds. The van der Waals surface area contributed by atoms with Crippen molar-refractivity contribution in [3.05, 3.63) is 64.7 Å². The van der Waals surface area contributed by atoms with Crippen LogP contribution < -0.4 is 10.2 Å². The zero-order valence-corrected chi connectivity index (χ0v) is 23.8. The number of nitrogens with zero attached hydrogens (tertiary/aromatic N) is 1. The van der Waals surface area contributed by atoms with Crippen molar-refractivity contribution in [1.82, 2.24) is 5.43 Å². The predicted octanol–water partition coefficient (Wildman–Crippen LogP) is 9.27. The minimum Gasteiger partial charge on any atom is -0.423 e. The molecule has 0 saturated heterocycles. The topological polar surface area (TPSA) is 67.8 Å². The fourth-order valence-corrected chi connectivity index (χ4v) is 4.52. The molecule has 0 fully saturated rings. The van der Waals surface area contributed by atoms with Crippen LogP contribution in [0.3, 0.4) is 0 Å². The van der Waals surface area contributed by atoms with Gasteiger partial charge < -0.3 is 4.74 Å². The van der Waals surface area contributed by atoms with Gasteiger partial charge in [-0.05, 0) is 48.4 Å². The van der Waals surface area contributed by atoms with Crippen molar-refractivity contribution in [2.24, 2.45) is 5.10 Å². The maximum atomic E-state index is 12.2. The maximum Gasteiger partial charge on any atom is 0.345 e. The second-order valence-electron chi connectivity index (χ2n) is 9.93. The van der Waals surface area contributed by atoms with Crippen molar-refractivity contribution < 1.29 is 14.3 Å². The maximum absolute atomic E-state index is 12.2. The molecular weight excluding hydrogens is 496 g/mol. The molecule has 0 heterocycles. The fourth-order valence-electron chi connectivity index (χ4n) is 4.30. The lowest BCUT2D eigenvalue weighted by atomic mass is 10.0. The van der Waals surface area contributed by atoms with Crippen molar-refractivity contribution in [2.45, 2.75) is 110 Å². The van der Waals surface area contributed by atoms with E-state index in [1.165, 1.54) is 83.5 Å². The standard InChI is InChI=1S/C32H45ClN2O3/c1-2-3-4-5-6-7-8-9-10-11-12-13-14-15-16-21-31(36)35-34-26-27-22-24-28(25-23-27)38-32(37)29-19-17-18-20-30(29)33/h17-20,22-26H,2-16,21H2,1H3,(H,35,36)/b34-26+. The molecule has 0 aromatic heterocycles. The van der Waals surface area contributed by atoms with Crippen molar-refractivity contribution in [3.8, 4) is 5.75 Å². The monoisotopic (exact) mass is 540 g/mol. The first-order valence-electron chi connectivity index (χ1n) is 14.5. The zero-order chi connectivity index (χ0) is 27.3. The van der Waals surface area contributed by atoms with Gasteiger partial charge in [-0.15, -0.1) is 0 Å². The summed E-state index contributed by atoms with van der Waals surface area (Å²) >= 11 is 6.04. The van der Waals surface area contributed by atoms with E-state index in [2.05, 4.69) is 17.5 Å². The summed E-state index contributed by atoms with van der Waals surface area (Å²) in [4.78, 5) is 24.2. The van der Waals surface area contributed by atoms with E-state index >= 15 is 0 Å². The molecule has 2 rings (SSSR count). The van der Waals surface area contributed by atoms with Gasteiger partial charge in [-0.2, -0.15) is 5.10 Å². The molecule has 0 saturated carbocycles. The number of benzene rings is 2. The van der Waals surface area contributed by atoms with Crippen LogP contribution in [0.1, 0.15) is 126 Å². The largest absolute Gasteiger partial charge is 0.423 e. The summed E-state index contributed by atoms with van der Waals surface area (Å²) in [7, 11) is 0. The number of carbonyl (C=O) groups excluding carboxylic acids is 2. The molecule has 2 aromatic carbocycles. The van der Waals surface area contributed by atoms with Gasteiger partial charge in [0.15, 0.2) is 0 Å². The van der Waals surface area contributed by atoms with E-state index in [0.717, 1.165) is 18.4 Å². The van der Waals surface area contributed by atoms with Crippen LogP contribution in [0.15, 0.2) is 53.6 Å². The number of hydrogen-bond acceptors (Lipinski definition) is 4. The molecule has 208 valence electrons. The van der Waals surface area contributed by atoms with Crippen molar-refractivity contribution in [3.63, 3.8) is 0 Å². The van der Waals surface area contributed by atoms with E-state index < -0.39 is 5.97 Å². The number of hydrazone groups is 1. The quantitative estimate of drug-likeness (QED) is 0.0598. The first-order chi connectivity index (χ1) is 18.6. The highest BCUT2D eigenvalue weighted by Crippen LogP contribution is 2.19. The van der Waals surface area contributed by atoms with Crippen molar-refractivity contribution >= 4 is 29.7 Å². The average molecular weight is 541 g/mol. The number of unbranched alkanes of at least 4 members (excludes halogenated alkanes) is 14. The van der Waals surface area contributed by atoms with Gasteiger partial charge in [0, 0.05) is 6.42 Å². The third-order valence-electron chi connectivity index (χ3n) is 6.59. The molecule has 0 aliphatic heterocycles. The Labute approximate surface area is 234 Å². The fraction of sp³-hybridized carbons (Fsp3) is 0.531. The Bertz CT molecular complexity index is 959. The number of halogens is 1. The Kier molecular flexibility index (Phi) is 16.9. The van der Waals surface area contributed by atoms with Gasteiger partial charge in [-0.1, -0.05) is 121 Å². The number of amides is 1. The average Bonchev–Trinajstić information content (AvgIpc) is 2.92. The first kappa shape index (κ1) is 31.6. The lowest BCUT2D eigenvalue weighted by Crippen LogP contribution is -2.16. The molecule has 38 heavy (non-hydrogen) atoms. The SMILES string of the molecule is CCCCCCCCCCCCCCCCCC(=O)N/N=C/c1ccc(OC(=O)c2ccccc2Cl)cc1. The summed E-state index contributed by atoms with van der Waals surface area (Å²) in [5.74, 6) is -0.173. The highest BCUT2D eigenvalue weighted by atomic mass is 35.5. The molecule has 0 bridgehead atoms. The van der Waals surface area contributed by atoms with Crippen LogP contribution in [0.4, 0.5) is 0 Å². The van der Waals surface area contributed by atoms with Gasteiger partial charge in [-0.3, -0.25) is 4.79 Å². The predicted molar refractivity (Wildman–Crippen MR) is 158 cm³/mol. The van der Waals surface area contributed by atoms with Crippen LogP contribution in [0, 0.1) is 0 Å². The number of hydrogen-bond donors (Lipinski definition) is 1. The van der Waals surface area contributed by atoms with Crippen molar-refractivity contribution in [2.75, 3.05) is 0 Å². The summed E-state index contributed by atoms with van der Waals surface area (Å²) in [5, 5.41) is 4.38. The third-order valence-corrected chi connectivity index (χ3v) is 6.92. The van der Waals surface area contributed by atoms with E-state index in [0.29, 0.717) is 22.8 Å². The zero-order valence-electron chi connectivity index (χ0n) is 23.1. The van der Waals surface area contributed by atoms with Crippen LogP contribution in [0.2, 0.25) is 5.02 Å². The van der Waals surface area contributed by atoms with E-state index in [-0.39, 0.29) is 5.91 Å². The van der Waals surface area contributed by atoms with Crippen LogP contribution in [0.5, 0.6) is 5.75 Å². The van der Waals surface area contributed by atoms with E-state index in [9.17, 15) is 9.59 Å². The Balaban J connectivity index is 1.46. The highest BCUT2D eigenvalue weighted by Gasteiger charge is 2.12. The van der Waals surface area contributed by atoms with Crippen LogP contribution in [0.25, 0.3) is 0 Å². The Morgan fingerprint density at radius 2 is 1.29 bits per heavy atom.